The molecule has 4 N–H and O–H groups in total. The first-order chi connectivity index (χ1) is 34.3. The summed E-state index contributed by atoms with van der Waals surface area (Å²) in [5, 5.41) is 18.4. The number of rotatable bonds is 16. The molecule has 0 spiro atoms. The van der Waals surface area contributed by atoms with Crippen molar-refractivity contribution >= 4 is 94.6 Å². The Balaban J connectivity index is 0.795. The molecule has 0 unspecified atom stereocenters. The van der Waals surface area contributed by atoms with Gasteiger partial charge in [-0.3, -0.25) is 19.2 Å². The molecule has 0 atom stereocenters. The van der Waals surface area contributed by atoms with E-state index in [-0.39, 0.29) is 59.1 Å². The topological polar surface area (TPSA) is 142 Å². The Morgan fingerprint density at radius 2 is 0.614 bits per heavy atom. The highest BCUT2D eigenvalue weighted by atomic mass is 31.1. The highest BCUT2D eigenvalue weighted by molar-refractivity contribution is 7.80. The summed E-state index contributed by atoms with van der Waals surface area (Å²) in [6.07, 6.45) is 0.257. The Morgan fingerprint density at radius 3 is 0.971 bits per heavy atom. The third-order valence-electron chi connectivity index (χ3n) is 11.0. The first-order valence-corrected chi connectivity index (χ1v) is 25.2. The molecule has 10 nitrogen and oxygen atoms in total. The van der Waals surface area contributed by atoms with Crippen molar-refractivity contribution in [2.75, 3.05) is 21.3 Å². The summed E-state index contributed by atoms with van der Waals surface area (Å²) in [6, 6.07) is 74.0. The summed E-state index contributed by atoms with van der Waals surface area (Å²) >= 11 is 0. The van der Waals surface area contributed by atoms with Gasteiger partial charge in [0.15, 0.2) is 0 Å². The van der Waals surface area contributed by atoms with Gasteiger partial charge < -0.3 is 21.3 Å². The molecular weight excluding hydrogens is 907 g/mol. The highest BCUT2D eigenvalue weighted by Gasteiger charge is 2.20. The van der Waals surface area contributed by atoms with Gasteiger partial charge in [-0.1, -0.05) is 188 Å². The van der Waals surface area contributed by atoms with Crippen LogP contribution < -0.4 is 53.1 Å². The predicted molar refractivity (Wildman–Crippen MR) is 286 cm³/mol. The molecule has 9 rings (SSSR count). The first-order valence-electron chi connectivity index (χ1n) is 22.6. The third kappa shape index (κ3) is 12.2. The lowest BCUT2D eigenvalue weighted by Gasteiger charge is -2.20. The fraction of sp³-hybridized carbons (Fsp3) is 0.0345. The zero-order valence-corrected chi connectivity index (χ0v) is 39.6. The van der Waals surface area contributed by atoms with Crippen molar-refractivity contribution in [3.05, 3.63) is 253 Å². The van der Waals surface area contributed by atoms with E-state index in [9.17, 15) is 19.2 Å². The lowest BCUT2D eigenvalue weighted by Crippen LogP contribution is -2.22. The van der Waals surface area contributed by atoms with E-state index in [0.29, 0.717) is 0 Å². The number of hydrogen-bond acceptors (Lipinski definition) is 6. The van der Waals surface area contributed by atoms with Crippen LogP contribution in [0.5, 0.6) is 0 Å². The average molecular weight is 953 g/mol. The van der Waals surface area contributed by atoms with E-state index in [1.54, 1.807) is 54.6 Å². The summed E-state index contributed by atoms with van der Waals surface area (Å²) in [4.78, 5) is 62.5. The van der Waals surface area contributed by atoms with Crippen LogP contribution in [0.2, 0.25) is 0 Å². The van der Waals surface area contributed by atoms with Gasteiger partial charge in [0.05, 0.1) is 12.8 Å². The Hall–Kier alpha value is -8.42. The Kier molecular flexibility index (Phi) is 15.1. The molecule has 4 amide bonds. The third-order valence-corrected chi connectivity index (χ3v) is 15.9. The molecular formula is C58H46N6O4P2. The van der Waals surface area contributed by atoms with E-state index in [2.05, 4.69) is 104 Å². The largest absolute Gasteiger partial charge is 0.310 e. The summed E-state index contributed by atoms with van der Waals surface area (Å²) in [6.45, 7) is 0. The highest BCUT2D eigenvalue weighted by Crippen LogP contribution is 2.34. The molecule has 2 aromatic heterocycles. The van der Waals surface area contributed by atoms with Crippen molar-refractivity contribution < 1.29 is 19.2 Å². The molecule has 7 aromatic carbocycles. The molecule has 12 heteroatoms. The molecule has 0 aliphatic rings. The van der Waals surface area contributed by atoms with E-state index in [4.69, 9.17) is 0 Å². The molecule has 9 aromatic rings. The molecule has 0 saturated carbocycles. The van der Waals surface area contributed by atoms with E-state index in [0.717, 1.165) is 21.7 Å². The Morgan fingerprint density at radius 1 is 0.314 bits per heavy atom. The second kappa shape index (κ2) is 22.6. The maximum Gasteiger partial charge on any atom is 0.256 e. The second-order valence-electron chi connectivity index (χ2n) is 16.1. The van der Waals surface area contributed by atoms with Crippen LogP contribution in [0.15, 0.2) is 231 Å². The molecule has 0 aliphatic heterocycles. The molecule has 0 aliphatic carbocycles. The maximum atomic E-state index is 13.5. The number of aromatic nitrogens is 2. The molecule has 0 bridgehead atoms. The van der Waals surface area contributed by atoms with Gasteiger partial charge in [0, 0.05) is 11.1 Å². The number of nitrogens with zero attached hydrogens (tertiary/aromatic N) is 2. The van der Waals surface area contributed by atoms with E-state index < -0.39 is 27.7 Å². The fourth-order valence-electron chi connectivity index (χ4n) is 7.89. The van der Waals surface area contributed by atoms with Crippen LogP contribution in [0.1, 0.15) is 31.8 Å². The number of carbonyl (C=O) groups is 4. The predicted octanol–water partition coefficient (Wildman–Crippen LogP) is 8.86. The first kappa shape index (κ1) is 46.7. The van der Waals surface area contributed by atoms with Gasteiger partial charge in [0.1, 0.15) is 23.3 Å². The van der Waals surface area contributed by atoms with Crippen LogP contribution in [-0.4, -0.2) is 33.6 Å². The van der Waals surface area contributed by atoms with Gasteiger partial charge in [0.2, 0.25) is 11.8 Å². The molecule has 0 saturated heterocycles. The van der Waals surface area contributed by atoms with Crippen molar-refractivity contribution in [1.82, 2.24) is 9.97 Å². The quantitative estimate of drug-likeness (QED) is 0.0714. The van der Waals surface area contributed by atoms with Crippen molar-refractivity contribution in [2.45, 2.75) is 12.8 Å². The number of hydrogen-bond donors (Lipinski definition) is 4. The van der Waals surface area contributed by atoms with Crippen LogP contribution in [0.3, 0.4) is 0 Å². The van der Waals surface area contributed by atoms with Gasteiger partial charge in [0.25, 0.3) is 11.8 Å². The van der Waals surface area contributed by atoms with Crippen LogP contribution in [0.4, 0.5) is 23.3 Å². The molecule has 342 valence electrons. The van der Waals surface area contributed by atoms with E-state index in [1.165, 1.54) is 27.3 Å². The van der Waals surface area contributed by atoms with Crippen LogP contribution in [0.25, 0.3) is 0 Å². The number of benzene rings is 7. The maximum absolute atomic E-state index is 13.5. The van der Waals surface area contributed by atoms with E-state index in [1.807, 2.05) is 97.1 Å². The zero-order chi connectivity index (χ0) is 48.1. The summed E-state index contributed by atoms with van der Waals surface area (Å²) in [5.41, 5.74) is 2.16. The average Bonchev–Trinajstić information content (AvgIpc) is 3.38. The zero-order valence-electron chi connectivity index (χ0n) is 37.8. The normalized spacial score (nSPS) is 10.9. The van der Waals surface area contributed by atoms with Gasteiger partial charge in [-0.25, -0.2) is 9.97 Å². The van der Waals surface area contributed by atoms with Gasteiger partial charge >= 0.3 is 0 Å². The second-order valence-corrected chi connectivity index (χ2v) is 20.5. The number of carbonyl (C=O) groups excluding carboxylic acids is 4. The van der Waals surface area contributed by atoms with E-state index >= 15 is 0 Å². The smallest absolute Gasteiger partial charge is 0.256 e. The Bertz CT molecular complexity index is 2980. The minimum absolute atomic E-state index is 0.129. The Labute approximate surface area is 408 Å². The lowest BCUT2D eigenvalue weighted by atomic mass is 10.1. The van der Waals surface area contributed by atoms with Crippen molar-refractivity contribution in [3.8, 4) is 0 Å². The minimum atomic E-state index is -0.830. The van der Waals surface area contributed by atoms with Crippen molar-refractivity contribution in [3.63, 3.8) is 0 Å². The van der Waals surface area contributed by atoms with Crippen LogP contribution >= 0.6 is 15.8 Å². The number of pyridine rings is 2. The van der Waals surface area contributed by atoms with Crippen LogP contribution in [-0.2, 0) is 22.4 Å². The molecule has 70 heavy (non-hydrogen) atoms. The van der Waals surface area contributed by atoms with Gasteiger partial charge in [-0.15, -0.1) is 0 Å². The summed E-state index contributed by atoms with van der Waals surface area (Å²) in [5.74, 6) is -0.513. The molecule has 0 fully saturated rings. The molecule has 2 heterocycles. The van der Waals surface area contributed by atoms with Crippen molar-refractivity contribution in [1.29, 1.82) is 0 Å². The van der Waals surface area contributed by atoms with Gasteiger partial charge in [-0.2, -0.15) is 0 Å². The van der Waals surface area contributed by atoms with Crippen LogP contribution in [0, 0.1) is 0 Å². The minimum Gasteiger partial charge on any atom is -0.310 e. The number of anilines is 4. The number of nitrogens with one attached hydrogen (secondary N) is 4. The van der Waals surface area contributed by atoms with Gasteiger partial charge in [-0.05, 0) is 101 Å². The van der Waals surface area contributed by atoms with Crippen molar-refractivity contribution in [2.24, 2.45) is 0 Å². The fourth-order valence-corrected chi connectivity index (χ4v) is 12.6. The lowest BCUT2D eigenvalue weighted by molar-refractivity contribution is -0.116. The SMILES string of the molecule is O=C(Cc1cccc(P(c2ccccc2)c2ccccc2)c1)Nc1cccc(NC(=O)c2cccc(C(=O)Nc3cccc(NC(=O)Cc4cccc(P(c5ccccc5)c5ccccc5)c4)n3)c2)n1. The monoisotopic (exact) mass is 952 g/mol. The molecule has 0 radical (unpaired) electrons. The standard InChI is InChI=1S/C58H46N6O4P2/c65-55(38-41-18-13-30-49(36-41)69(45-22-5-1-6-23-45)46-24-7-2-8-25-46)61-51-32-16-34-53(59-51)63-57(67)43-20-15-21-44(40-43)58(68)64-54-35-17-33-52(60-54)62-56(66)39-42-19-14-31-50(37-42)70(47-26-9-3-10-27-47)48-28-11-4-12-29-48/h1-37,40H,38-39H2,(H2,59,61,63,65,67)(H2,60,62,64,66,68). The summed E-state index contributed by atoms with van der Waals surface area (Å²) < 4.78 is 0. The summed E-state index contributed by atoms with van der Waals surface area (Å²) in [7, 11) is -1.66. The number of amides is 4.